The molecule has 0 saturated heterocycles. The Balaban J connectivity index is 2.43. The summed E-state index contributed by atoms with van der Waals surface area (Å²) < 4.78 is 13.4. The molecule has 1 aromatic carbocycles. The van der Waals surface area contributed by atoms with Crippen LogP contribution in [-0.4, -0.2) is 13.1 Å². The second-order valence-corrected chi connectivity index (χ2v) is 3.34. The van der Waals surface area contributed by atoms with Gasteiger partial charge < -0.3 is 5.32 Å². The van der Waals surface area contributed by atoms with Crippen LogP contribution in [0.5, 0.6) is 0 Å². The van der Waals surface area contributed by atoms with Crippen molar-refractivity contribution < 1.29 is 4.39 Å². The van der Waals surface area contributed by atoms with Gasteiger partial charge in [0.05, 0.1) is 0 Å². The Labute approximate surface area is 77.3 Å². The van der Waals surface area contributed by atoms with Gasteiger partial charge in [-0.15, -0.1) is 0 Å². The highest BCUT2D eigenvalue weighted by atomic mass is 19.1. The van der Waals surface area contributed by atoms with E-state index < -0.39 is 0 Å². The van der Waals surface area contributed by atoms with E-state index in [0.717, 1.165) is 29.8 Å². The third-order valence-electron chi connectivity index (χ3n) is 2.28. The number of rotatable bonds is 1. The van der Waals surface area contributed by atoms with Crippen LogP contribution in [0, 0.1) is 12.7 Å². The average Bonchev–Trinajstić information content (AvgIpc) is 2.61. The van der Waals surface area contributed by atoms with Crippen molar-refractivity contribution in [2.45, 2.75) is 6.92 Å². The number of hydrogen-bond acceptors (Lipinski definition) is 1. The fraction of sp³-hybridized carbons (Fsp3) is 0.273. The lowest BCUT2D eigenvalue weighted by molar-refractivity contribution is 0.623. The maximum Gasteiger partial charge on any atom is 0.130 e. The lowest BCUT2D eigenvalue weighted by Crippen LogP contribution is -2.08. The van der Waals surface area contributed by atoms with E-state index in [1.165, 1.54) is 6.07 Å². The average molecular weight is 177 g/mol. The molecule has 1 N–H and O–H groups in total. The lowest BCUT2D eigenvalue weighted by Gasteiger charge is -2.04. The van der Waals surface area contributed by atoms with Gasteiger partial charge in [0, 0.05) is 18.7 Å². The van der Waals surface area contributed by atoms with Crippen LogP contribution in [-0.2, 0) is 0 Å². The summed E-state index contributed by atoms with van der Waals surface area (Å²) in [6.07, 6.45) is 2.04. The van der Waals surface area contributed by atoms with E-state index in [0.29, 0.717) is 0 Å². The molecular formula is C11H12FN. The molecular weight excluding hydrogens is 165 g/mol. The first kappa shape index (κ1) is 8.45. The van der Waals surface area contributed by atoms with E-state index in [2.05, 4.69) is 5.32 Å². The summed E-state index contributed by atoms with van der Waals surface area (Å²) >= 11 is 0. The summed E-state index contributed by atoms with van der Waals surface area (Å²) in [5, 5.41) is 3.16. The Bertz CT molecular complexity index is 355. The third kappa shape index (κ3) is 1.63. The summed E-state index contributed by atoms with van der Waals surface area (Å²) in [5.41, 5.74) is 2.91. The van der Waals surface area contributed by atoms with Crippen LogP contribution in [0.4, 0.5) is 4.39 Å². The maximum absolute atomic E-state index is 13.4. The van der Waals surface area contributed by atoms with Crippen LogP contribution < -0.4 is 5.32 Å². The van der Waals surface area contributed by atoms with E-state index >= 15 is 0 Å². The van der Waals surface area contributed by atoms with E-state index in [9.17, 15) is 4.39 Å². The molecule has 1 heterocycles. The second-order valence-electron chi connectivity index (χ2n) is 3.34. The molecule has 13 heavy (non-hydrogen) atoms. The van der Waals surface area contributed by atoms with Crippen molar-refractivity contribution in [1.82, 2.24) is 5.32 Å². The highest BCUT2D eigenvalue weighted by molar-refractivity contribution is 5.69. The minimum atomic E-state index is -0.124. The van der Waals surface area contributed by atoms with E-state index in [1.54, 1.807) is 6.07 Å². The van der Waals surface area contributed by atoms with Gasteiger partial charge >= 0.3 is 0 Å². The number of aryl methyl sites for hydroxylation is 1. The minimum Gasteiger partial charge on any atom is -0.309 e. The van der Waals surface area contributed by atoms with Gasteiger partial charge in [-0.1, -0.05) is 17.7 Å². The maximum atomic E-state index is 13.4. The second kappa shape index (κ2) is 3.30. The number of halogens is 1. The lowest BCUT2D eigenvalue weighted by atomic mass is 10.0. The summed E-state index contributed by atoms with van der Waals surface area (Å²) in [6.45, 7) is 3.61. The Morgan fingerprint density at radius 1 is 1.38 bits per heavy atom. The molecule has 1 aliphatic rings. The first-order chi connectivity index (χ1) is 6.27. The third-order valence-corrected chi connectivity index (χ3v) is 2.28. The van der Waals surface area contributed by atoms with Crippen LogP contribution >= 0.6 is 0 Å². The standard InChI is InChI=1S/C11H12FN/c1-8-2-3-11(12)10(6-8)9-4-5-13-7-9/h2-4,6,13H,5,7H2,1H3. The van der Waals surface area contributed by atoms with Crippen molar-refractivity contribution in [3.8, 4) is 0 Å². The van der Waals surface area contributed by atoms with Gasteiger partial charge in [-0.2, -0.15) is 0 Å². The van der Waals surface area contributed by atoms with Crippen LogP contribution in [0.2, 0.25) is 0 Å². The van der Waals surface area contributed by atoms with Crippen LogP contribution in [0.1, 0.15) is 11.1 Å². The molecule has 0 fully saturated rings. The van der Waals surface area contributed by atoms with Crippen molar-refractivity contribution in [2.75, 3.05) is 13.1 Å². The summed E-state index contributed by atoms with van der Waals surface area (Å²) in [4.78, 5) is 0. The normalized spacial score (nSPS) is 16.0. The predicted molar refractivity (Wildman–Crippen MR) is 52.0 cm³/mol. The molecule has 0 unspecified atom stereocenters. The molecule has 1 aromatic rings. The largest absolute Gasteiger partial charge is 0.309 e. The van der Waals surface area contributed by atoms with E-state index in [4.69, 9.17) is 0 Å². The molecule has 2 rings (SSSR count). The topological polar surface area (TPSA) is 12.0 Å². The first-order valence-electron chi connectivity index (χ1n) is 4.43. The Kier molecular flexibility index (Phi) is 2.15. The van der Waals surface area contributed by atoms with Crippen molar-refractivity contribution in [1.29, 1.82) is 0 Å². The van der Waals surface area contributed by atoms with Gasteiger partial charge in [0.25, 0.3) is 0 Å². The molecule has 1 aliphatic heterocycles. The molecule has 2 heteroatoms. The van der Waals surface area contributed by atoms with Gasteiger partial charge in [0.1, 0.15) is 5.82 Å². The first-order valence-corrected chi connectivity index (χ1v) is 4.43. The SMILES string of the molecule is Cc1ccc(F)c(C2=CCNC2)c1. The zero-order chi connectivity index (χ0) is 9.26. The summed E-state index contributed by atoms with van der Waals surface area (Å²) in [5.74, 6) is -0.124. The quantitative estimate of drug-likeness (QED) is 0.692. The fourth-order valence-corrected chi connectivity index (χ4v) is 1.56. The highest BCUT2D eigenvalue weighted by Crippen LogP contribution is 2.20. The van der Waals surface area contributed by atoms with E-state index in [1.807, 2.05) is 19.1 Å². The molecule has 0 aromatic heterocycles. The summed E-state index contributed by atoms with van der Waals surface area (Å²) in [7, 11) is 0. The number of benzene rings is 1. The molecule has 0 saturated carbocycles. The van der Waals surface area contributed by atoms with Gasteiger partial charge in [-0.25, -0.2) is 4.39 Å². The van der Waals surface area contributed by atoms with Crippen LogP contribution in [0.25, 0.3) is 5.57 Å². The molecule has 0 aliphatic carbocycles. The van der Waals surface area contributed by atoms with Crippen LogP contribution in [0.15, 0.2) is 24.3 Å². The Morgan fingerprint density at radius 3 is 2.92 bits per heavy atom. The fourth-order valence-electron chi connectivity index (χ4n) is 1.56. The van der Waals surface area contributed by atoms with Crippen molar-refractivity contribution in [3.63, 3.8) is 0 Å². The smallest absolute Gasteiger partial charge is 0.130 e. The van der Waals surface area contributed by atoms with Crippen molar-refractivity contribution in [2.24, 2.45) is 0 Å². The molecule has 0 spiro atoms. The minimum absolute atomic E-state index is 0.124. The molecule has 0 atom stereocenters. The predicted octanol–water partition coefficient (Wildman–Crippen LogP) is 2.12. The molecule has 0 radical (unpaired) electrons. The molecule has 1 nitrogen and oxygen atoms in total. The monoisotopic (exact) mass is 177 g/mol. The number of nitrogens with one attached hydrogen (secondary N) is 1. The van der Waals surface area contributed by atoms with E-state index in [-0.39, 0.29) is 5.82 Å². The van der Waals surface area contributed by atoms with Gasteiger partial charge in [0.15, 0.2) is 0 Å². The Hall–Kier alpha value is -1.15. The zero-order valence-corrected chi connectivity index (χ0v) is 7.60. The zero-order valence-electron chi connectivity index (χ0n) is 7.60. The number of hydrogen-bond donors (Lipinski definition) is 1. The van der Waals surface area contributed by atoms with Gasteiger partial charge in [-0.05, 0) is 24.6 Å². The molecule has 68 valence electrons. The highest BCUT2D eigenvalue weighted by Gasteiger charge is 2.10. The van der Waals surface area contributed by atoms with Gasteiger partial charge in [0.2, 0.25) is 0 Å². The summed E-state index contributed by atoms with van der Waals surface area (Å²) in [6, 6.07) is 5.22. The van der Waals surface area contributed by atoms with Crippen LogP contribution in [0.3, 0.4) is 0 Å². The van der Waals surface area contributed by atoms with Gasteiger partial charge in [-0.3, -0.25) is 0 Å². The van der Waals surface area contributed by atoms with Crippen molar-refractivity contribution >= 4 is 5.57 Å². The Morgan fingerprint density at radius 2 is 2.23 bits per heavy atom. The molecule has 0 bridgehead atoms. The van der Waals surface area contributed by atoms with Crippen molar-refractivity contribution in [3.05, 3.63) is 41.2 Å². The molecule has 0 amide bonds.